The van der Waals surface area contributed by atoms with E-state index in [0.717, 1.165) is 12.8 Å². The largest absolute Gasteiger partial charge is 0.480 e. The summed E-state index contributed by atoms with van der Waals surface area (Å²) in [6.45, 7) is 12.9. The fourth-order valence-corrected chi connectivity index (χ4v) is 3.78. The summed E-state index contributed by atoms with van der Waals surface area (Å²) in [5, 5.41) is 25.8. The maximum absolute atomic E-state index is 13.2. The standard InChI is InChI=1S/C23H48N4O4S/c1-8-15(3)19(25-12-17(24)14-32)13-27(7)20(16(4)9-2)21(28)26-18(22(29)30)10-11-23(5,6)31/h15-20,25,31-32H,8-14,24H2,1-7H3,(H,26,28)(H,29,30)/t15?,16?,17-,18?,19?,20?/m0/s1. The predicted molar refractivity (Wildman–Crippen MR) is 134 cm³/mol. The van der Waals surface area contributed by atoms with E-state index in [1.807, 2.05) is 25.8 Å². The van der Waals surface area contributed by atoms with E-state index in [9.17, 15) is 19.8 Å². The maximum atomic E-state index is 13.2. The molecule has 190 valence electrons. The Morgan fingerprint density at radius 2 is 1.72 bits per heavy atom. The van der Waals surface area contributed by atoms with E-state index in [-0.39, 0.29) is 36.8 Å². The lowest BCUT2D eigenvalue weighted by atomic mass is 9.93. The number of aliphatic carboxylic acids is 1. The number of likely N-dealkylation sites (N-methyl/N-ethyl adjacent to an activating group) is 1. The Morgan fingerprint density at radius 1 is 1.16 bits per heavy atom. The van der Waals surface area contributed by atoms with Crippen LogP contribution in [0.15, 0.2) is 0 Å². The van der Waals surface area contributed by atoms with Gasteiger partial charge in [0.15, 0.2) is 0 Å². The van der Waals surface area contributed by atoms with Crippen LogP contribution in [-0.2, 0) is 9.59 Å². The van der Waals surface area contributed by atoms with Gasteiger partial charge in [0.05, 0.1) is 11.6 Å². The molecule has 0 aliphatic rings. The van der Waals surface area contributed by atoms with Gasteiger partial charge < -0.3 is 26.6 Å². The molecule has 0 aliphatic heterocycles. The molecule has 0 spiro atoms. The summed E-state index contributed by atoms with van der Waals surface area (Å²) in [5.41, 5.74) is 5.03. The maximum Gasteiger partial charge on any atom is 0.326 e. The highest BCUT2D eigenvalue weighted by molar-refractivity contribution is 7.80. The van der Waals surface area contributed by atoms with Gasteiger partial charge in [0, 0.05) is 30.9 Å². The monoisotopic (exact) mass is 476 g/mol. The second-order valence-electron chi connectivity index (χ2n) is 9.86. The van der Waals surface area contributed by atoms with Crippen LogP contribution in [0.5, 0.6) is 0 Å². The van der Waals surface area contributed by atoms with E-state index in [4.69, 9.17) is 5.73 Å². The number of rotatable bonds is 17. The number of thiol groups is 1. The van der Waals surface area contributed by atoms with Crippen LogP contribution in [-0.4, -0.2) is 82.6 Å². The summed E-state index contributed by atoms with van der Waals surface area (Å²) in [6, 6.07) is -1.40. The molecular weight excluding hydrogens is 428 g/mol. The van der Waals surface area contributed by atoms with Gasteiger partial charge in [-0.05, 0) is 45.6 Å². The van der Waals surface area contributed by atoms with Crippen molar-refractivity contribution in [3.05, 3.63) is 0 Å². The minimum absolute atomic E-state index is 0.0426. The van der Waals surface area contributed by atoms with Crippen molar-refractivity contribution in [1.29, 1.82) is 0 Å². The summed E-state index contributed by atoms with van der Waals surface area (Å²) in [7, 11) is 1.92. The Morgan fingerprint density at radius 3 is 2.16 bits per heavy atom. The molecule has 0 radical (unpaired) electrons. The molecular formula is C23H48N4O4S. The third-order valence-electron chi connectivity index (χ3n) is 6.28. The van der Waals surface area contributed by atoms with E-state index in [1.54, 1.807) is 13.8 Å². The third kappa shape index (κ3) is 11.8. The Balaban J connectivity index is 5.44. The normalized spacial score (nSPS) is 18.0. The van der Waals surface area contributed by atoms with Gasteiger partial charge in [-0.3, -0.25) is 9.69 Å². The second kappa shape index (κ2) is 15.1. The number of nitrogens with one attached hydrogen (secondary N) is 2. The molecule has 1 amide bonds. The predicted octanol–water partition coefficient (Wildman–Crippen LogP) is 1.71. The summed E-state index contributed by atoms with van der Waals surface area (Å²) < 4.78 is 0. The van der Waals surface area contributed by atoms with Crippen molar-refractivity contribution in [3.63, 3.8) is 0 Å². The van der Waals surface area contributed by atoms with Crippen LogP contribution in [0.2, 0.25) is 0 Å². The lowest BCUT2D eigenvalue weighted by Crippen LogP contribution is -2.56. The molecule has 6 atom stereocenters. The van der Waals surface area contributed by atoms with E-state index < -0.39 is 23.7 Å². The molecule has 0 aliphatic carbocycles. The SMILES string of the molecule is CCC(C)C(CN(C)C(C(=O)NC(CCC(C)(C)O)C(=O)O)C(C)CC)NC[C@H](N)CS. The average Bonchev–Trinajstić information content (AvgIpc) is 2.71. The third-order valence-corrected chi connectivity index (χ3v) is 6.75. The lowest BCUT2D eigenvalue weighted by molar-refractivity contribution is -0.143. The number of amides is 1. The zero-order valence-electron chi connectivity index (χ0n) is 21.1. The Kier molecular flexibility index (Phi) is 14.7. The number of aliphatic hydroxyl groups is 1. The van der Waals surface area contributed by atoms with Crippen molar-refractivity contribution >= 4 is 24.5 Å². The number of hydrogen-bond acceptors (Lipinski definition) is 7. The number of nitrogens with two attached hydrogens (primary N) is 1. The first-order valence-corrected chi connectivity index (χ1v) is 12.5. The first-order valence-electron chi connectivity index (χ1n) is 11.8. The Labute approximate surface area is 200 Å². The van der Waals surface area contributed by atoms with E-state index in [1.165, 1.54) is 0 Å². The zero-order valence-corrected chi connectivity index (χ0v) is 22.0. The van der Waals surface area contributed by atoms with Crippen LogP contribution in [0, 0.1) is 11.8 Å². The number of carboxylic acid groups (broad SMARTS) is 1. The molecule has 0 rings (SSSR count). The van der Waals surface area contributed by atoms with Gasteiger partial charge in [0.2, 0.25) is 5.91 Å². The molecule has 8 nitrogen and oxygen atoms in total. The van der Waals surface area contributed by atoms with E-state index in [2.05, 4.69) is 37.1 Å². The van der Waals surface area contributed by atoms with Gasteiger partial charge in [-0.15, -0.1) is 0 Å². The highest BCUT2D eigenvalue weighted by Gasteiger charge is 2.33. The van der Waals surface area contributed by atoms with Gasteiger partial charge >= 0.3 is 5.97 Å². The topological polar surface area (TPSA) is 128 Å². The van der Waals surface area contributed by atoms with Crippen LogP contribution >= 0.6 is 12.6 Å². The molecule has 0 aromatic heterocycles. The van der Waals surface area contributed by atoms with Crippen LogP contribution in [0.4, 0.5) is 0 Å². The van der Waals surface area contributed by atoms with E-state index >= 15 is 0 Å². The number of carboxylic acids is 1. The van der Waals surface area contributed by atoms with Crippen LogP contribution in [0.1, 0.15) is 67.2 Å². The highest BCUT2D eigenvalue weighted by Crippen LogP contribution is 2.18. The van der Waals surface area contributed by atoms with Gasteiger partial charge in [0.1, 0.15) is 6.04 Å². The molecule has 9 heteroatoms. The fraction of sp³-hybridized carbons (Fsp3) is 0.913. The molecule has 0 aromatic carbocycles. The summed E-state index contributed by atoms with van der Waals surface area (Å²) >= 11 is 4.25. The number of carbonyl (C=O) groups excluding carboxylic acids is 1. The van der Waals surface area contributed by atoms with Crippen LogP contribution in [0.25, 0.3) is 0 Å². The Hall–Kier alpha value is -0.870. The van der Waals surface area contributed by atoms with Gasteiger partial charge in [-0.25, -0.2) is 4.79 Å². The Bertz CT molecular complexity index is 559. The minimum atomic E-state index is -1.09. The van der Waals surface area contributed by atoms with Crippen molar-refractivity contribution in [1.82, 2.24) is 15.5 Å². The fourth-order valence-electron chi connectivity index (χ4n) is 3.65. The summed E-state index contributed by atoms with van der Waals surface area (Å²) in [4.78, 5) is 27.0. The molecule has 0 saturated heterocycles. The number of carbonyl (C=O) groups is 2. The lowest BCUT2D eigenvalue weighted by Gasteiger charge is -2.36. The van der Waals surface area contributed by atoms with Crippen molar-refractivity contribution in [2.24, 2.45) is 17.6 Å². The first kappa shape index (κ1) is 31.1. The average molecular weight is 477 g/mol. The summed E-state index contributed by atoms with van der Waals surface area (Å²) in [5.74, 6) is -0.368. The van der Waals surface area contributed by atoms with Gasteiger partial charge in [0.25, 0.3) is 0 Å². The molecule has 6 N–H and O–H groups in total. The van der Waals surface area contributed by atoms with Crippen LogP contribution < -0.4 is 16.4 Å². The molecule has 0 fully saturated rings. The van der Waals surface area contributed by atoms with Crippen molar-refractivity contribution in [2.45, 2.75) is 97.0 Å². The quantitative estimate of drug-likeness (QED) is 0.176. The molecule has 0 heterocycles. The molecule has 32 heavy (non-hydrogen) atoms. The molecule has 0 saturated carbocycles. The highest BCUT2D eigenvalue weighted by atomic mass is 32.1. The molecule has 0 aromatic rings. The van der Waals surface area contributed by atoms with E-state index in [0.29, 0.717) is 24.8 Å². The molecule has 0 bridgehead atoms. The summed E-state index contributed by atoms with van der Waals surface area (Å²) in [6.07, 6.45) is 2.22. The van der Waals surface area contributed by atoms with Crippen molar-refractivity contribution < 1.29 is 19.8 Å². The van der Waals surface area contributed by atoms with Crippen LogP contribution in [0.3, 0.4) is 0 Å². The van der Waals surface area contributed by atoms with Crippen molar-refractivity contribution in [2.75, 3.05) is 25.9 Å². The van der Waals surface area contributed by atoms with Gasteiger partial charge in [-0.1, -0.05) is 40.5 Å². The van der Waals surface area contributed by atoms with Crippen molar-refractivity contribution in [3.8, 4) is 0 Å². The van der Waals surface area contributed by atoms with Gasteiger partial charge in [-0.2, -0.15) is 12.6 Å². The minimum Gasteiger partial charge on any atom is -0.480 e. The first-order chi connectivity index (χ1) is 14.8. The zero-order chi connectivity index (χ0) is 25.1. The smallest absolute Gasteiger partial charge is 0.326 e. The number of hydrogen-bond donors (Lipinski definition) is 6. The second-order valence-corrected chi connectivity index (χ2v) is 10.2. The molecule has 5 unspecified atom stereocenters. The number of nitrogens with zero attached hydrogens (tertiary/aromatic N) is 1.